The van der Waals surface area contributed by atoms with Crippen LogP contribution < -0.4 is 11.5 Å². The second-order valence-corrected chi connectivity index (χ2v) is 6.75. The number of aryl methyl sites for hydroxylation is 1. The molecule has 3 aromatic rings. The van der Waals surface area contributed by atoms with E-state index in [1.54, 1.807) is 0 Å². The van der Waals surface area contributed by atoms with Gasteiger partial charge in [0.1, 0.15) is 5.82 Å². The highest BCUT2D eigenvalue weighted by Gasteiger charge is 2.22. The van der Waals surface area contributed by atoms with E-state index in [0.717, 1.165) is 36.3 Å². The smallest absolute Gasteiger partial charge is 0.225 e. The second-order valence-electron chi connectivity index (χ2n) is 6.75. The van der Waals surface area contributed by atoms with Crippen molar-refractivity contribution in [2.24, 2.45) is 0 Å². The zero-order valence-corrected chi connectivity index (χ0v) is 16.0. The third kappa shape index (κ3) is 4.61. The highest BCUT2D eigenvalue weighted by Crippen LogP contribution is 2.29. The van der Waals surface area contributed by atoms with Crippen molar-refractivity contribution < 1.29 is 0 Å². The van der Waals surface area contributed by atoms with Gasteiger partial charge in [0, 0.05) is 11.8 Å². The first-order chi connectivity index (χ1) is 13.1. The van der Waals surface area contributed by atoms with Gasteiger partial charge in [-0.05, 0) is 13.3 Å². The van der Waals surface area contributed by atoms with Crippen LogP contribution in [-0.4, -0.2) is 24.5 Å². The Balaban J connectivity index is 2.02. The predicted molar refractivity (Wildman–Crippen MR) is 108 cm³/mol. The maximum atomic E-state index is 5.84. The van der Waals surface area contributed by atoms with E-state index in [4.69, 9.17) is 16.5 Å². The van der Waals surface area contributed by atoms with Crippen LogP contribution in [0.15, 0.2) is 36.5 Å². The Hall–Kier alpha value is -2.96. The molecule has 0 spiro atoms. The molecule has 2 aromatic heterocycles. The molecule has 2 heterocycles. The maximum Gasteiger partial charge on any atom is 0.225 e. The molecule has 1 unspecified atom stereocenters. The molecular formula is C20H27N7. The molecule has 7 nitrogen and oxygen atoms in total. The highest BCUT2D eigenvalue weighted by molar-refractivity contribution is 5.56. The number of nitrogens with two attached hydrogens (primary N) is 2. The number of unbranched alkanes of at least 4 members (excludes halogenated alkanes) is 3. The molecule has 0 saturated carbocycles. The number of imidazole rings is 1. The monoisotopic (exact) mass is 365 g/mol. The number of nitrogens with zero attached hydrogens (tertiary/aromatic N) is 5. The minimum absolute atomic E-state index is 0.0918. The summed E-state index contributed by atoms with van der Waals surface area (Å²) in [4.78, 5) is 17.4. The Bertz CT molecular complexity index is 853. The molecule has 1 aromatic carbocycles. The number of aromatic nitrogens is 5. The van der Waals surface area contributed by atoms with Gasteiger partial charge in [-0.25, -0.2) is 4.98 Å². The lowest BCUT2D eigenvalue weighted by molar-refractivity contribution is 0.481. The maximum absolute atomic E-state index is 5.84. The molecule has 3 rings (SSSR count). The fraction of sp³-hybridized carbons (Fsp3) is 0.400. The largest absolute Gasteiger partial charge is 0.368 e. The molecule has 142 valence electrons. The first-order valence-electron chi connectivity index (χ1n) is 9.46. The summed E-state index contributed by atoms with van der Waals surface area (Å²) in [5.74, 6) is 1.78. The van der Waals surface area contributed by atoms with Gasteiger partial charge in [0.2, 0.25) is 11.9 Å². The van der Waals surface area contributed by atoms with Crippen LogP contribution in [0.2, 0.25) is 0 Å². The number of hydrogen-bond acceptors (Lipinski definition) is 6. The third-order valence-corrected chi connectivity index (χ3v) is 4.54. The van der Waals surface area contributed by atoms with Crippen LogP contribution >= 0.6 is 0 Å². The Morgan fingerprint density at radius 3 is 2.30 bits per heavy atom. The van der Waals surface area contributed by atoms with Crippen LogP contribution in [0.1, 0.15) is 56.6 Å². The molecule has 7 heteroatoms. The van der Waals surface area contributed by atoms with Crippen molar-refractivity contribution in [1.29, 1.82) is 0 Å². The number of benzene rings is 1. The van der Waals surface area contributed by atoms with Crippen LogP contribution in [0.3, 0.4) is 0 Å². The average Bonchev–Trinajstić information content (AvgIpc) is 3.03. The van der Waals surface area contributed by atoms with Crippen molar-refractivity contribution in [1.82, 2.24) is 24.5 Å². The molecule has 1 atom stereocenters. The van der Waals surface area contributed by atoms with Gasteiger partial charge in [0.15, 0.2) is 5.82 Å². The van der Waals surface area contributed by atoms with Gasteiger partial charge in [-0.3, -0.25) is 0 Å². The lowest BCUT2D eigenvalue weighted by Crippen LogP contribution is -2.17. The first kappa shape index (κ1) is 18.8. The van der Waals surface area contributed by atoms with E-state index in [0.29, 0.717) is 5.82 Å². The van der Waals surface area contributed by atoms with E-state index in [9.17, 15) is 0 Å². The topological polar surface area (TPSA) is 109 Å². The van der Waals surface area contributed by atoms with Crippen molar-refractivity contribution in [2.45, 2.75) is 52.0 Å². The molecule has 0 aliphatic heterocycles. The summed E-state index contributed by atoms with van der Waals surface area (Å²) >= 11 is 0. The van der Waals surface area contributed by atoms with Crippen LogP contribution in [-0.2, 0) is 0 Å². The SMILES string of the molecule is CCCCCCC(c1nc(N)nc(N)n1)n1cc(C)nc1-c1ccccc1. The quantitative estimate of drug-likeness (QED) is 0.588. The molecule has 0 saturated heterocycles. The number of anilines is 2. The molecular weight excluding hydrogens is 338 g/mol. The summed E-state index contributed by atoms with van der Waals surface area (Å²) in [6, 6.07) is 10.0. The van der Waals surface area contributed by atoms with E-state index in [-0.39, 0.29) is 17.9 Å². The van der Waals surface area contributed by atoms with E-state index >= 15 is 0 Å². The van der Waals surface area contributed by atoms with Crippen molar-refractivity contribution in [3.8, 4) is 11.4 Å². The summed E-state index contributed by atoms with van der Waals surface area (Å²) < 4.78 is 2.14. The van der Waals surface area contributed by atoms with Gasteiger partial charge < -0.3 is 16.0 Å². The summed E-state index contributed by atoms with van der Waals surface area (Å²) in [6.07, 6.45) is 7.56. The van der Waals surface area contributed by atoms with Gasteiger partial charge in [-0.15, -0.1) is 0 Å². The van der Waals surface area contributed by atoms with E-state index < -0.39 is 0 Å². The van der Waals surface area contributed by atoms with Crippen molar-refractivity contribution in [3.05, 3.63) is 48.0 Å². The standard InChI is InChI=1S/C20H27N7/c1-3-4-5-9-12-16(17-24-19(21)26-20(22)25-17)27-13-14(2)23-18(27)15-10-7-6-8-11-15/h6-8,10-11,13,16H,3-5,9,12H2,1-2H3,(H4,21,22,24,25,26). The lowest BCUT2D eigenvalue weighted by atomic mass is 10.1. The summed E-state index contributed by atoms with van der Waals surface area (Å²) in [6.45, 7) is 4.20. The van der Waals surface area contributed by atoms with Crippen molar-refractivity contribution >= 4 is 11.9 Å². The minimum atomic E-state index is -0.0918. The molecule has 0 radical (unpaired) electrons. The van der Waals surface area contributed by atoms with Gasteiger partial charge >= 0.3 is 0 Å². The van der Waals surface area contributed by atoms with Crippen molar-refractivity contribution in [2.75, 3.05) is 11.5 Å². The van der Waals surface area contributed by atoms with Gasteiger partial charge in [0.25, 0.3) is 0 Å². The average molecular weight is 365 g/mol. The molecule has 4 N–H and O–H groups in total. The Labute approximate surface area is 159 Å². The fourth-order valence-electron chi connectivity index (χ4n) is 3.29. The number of rotatable bonds is 8. The zero-order chi connectivity index (χ0) is 19.2. The minimum Gasteiger partial charge on any atom is -0.368 e. The molecule has 0 bridgehead atoms. The van der Waals surface area contributed by atoms with Crippen LogP contribution in [0.4, 0.5) is 11.9 Å². The second kappa shape index (κ2) is 8.62. The predicted octanol–water partition coefficient (Wildman–Crippen LogP) is 3.77. The molecule has 0 aliphatic rings. The Morgan fingerprint density at radius 1 is 0.926 bits per heavy atom. The third-order valence-electron chi connectivity index (χ3n) is 4.54. The summed E-state index contributed by atoms with van der Waals surface area (Å²) in [5, 5.41) is 0. The summed E-state index contributed by atoms with van der Waals surface area (Å²) in [5.41, 5.74) is 13.7. The molecule has 0 aliphatic carbocycles. The lowest BCUT2D eigenvalue weighted by Gasteiger charge is -2.20. The Kier molecular flexibility index (Phi) is 6.01. The Morgan fingerprint density at radius 2 is 1.63 bits per heavy atom. The molecule has 0 amide bonds. The van der Waals surface area contributed by atoms with Crippen LogP contribution in [0.25, 0.3) is 11.4 Å². The fourth-order valence-corrected chi connectivity index (χ4v) is 3.29. The molecule has 0 fully saturated rings. The highest BCUT2D eigenvalue weighted by atomic mass is 15.2. The van der Waals surface area contributed by atoms with Crippen molar-refractivity contribution in [3.63, 3.8) is 0 Å². The normalized spacial score (nSPS) is 12.2. The van der Waals surface area contributed by atoms with Crippen LogP contribution in [0.5, 0.6) is 0 Å². The number of nitrogen functional groups attached to an aromatic ring is 2. The van der Waals surface area contributed by atoms with Gasteiger partial charge in [0.05, 0.1) is 11.7 Å². The van der Waals surface area contributed by atoms with Gasteiger partial charge in [-0.2, -0.15) is 15.0 Å². The van der Waals surface area contributed by atoms with Gasteiger partial charge in [-0.1, -0.05) is 62.9 Å². The van der Waals surface area contributed by atoms with E-state index in [1.807, 2.05) is 31.3 Å². The van der Waals surface area contributed by atoms with E-state index in [1.165, 1.54) is 12.8 Å². The summed E-state index contributed by atoms with van der Waals surface area (Å²) in [7, 11) is 0. The number of hydrogen-bond donors (Lipinski definition) is 2. The van der Waals surface area contributed by atoms with Crippen LogP contribution in [0, 0.1) is 6.92 Å². The first-order valence-corrected chi connectivity index (χ1v) is 9.46. The molecule has 27 heavy (non-hydrogen) atoms. The van der Waals surface area contributed by atoms with E-state index in [2.05, 4.69) is 38.6 Å². The zero-order valence-electron chi connectivity index (χ0n) is 16.0.